The molecule has 31 heavy (non-hydrogen) atoms. The number of fused-ring (bicyclic) bond motifs is 1. The van der Waals surface area contributed by atoms with Gasteiger partial charge in [0, 0.05) is 30.0 Å². The second-order valence-corrected chi connectivity index (χ2v) is 7.92. The van der Waals surface area contributed by atoms with Crippen LogP contribution in [0.2, 0.25) is 0 Å². The topological polar surface area (TPSA) is 73.5 Å². The maximum atomic E-state index is 12.6. The lowest BCUT2D eigenvalue weighted by molar-refractivity contribution is 0.102. The zero-order chi connectivity index (χ0) is 21.8. The summed E-state index contributed by atoms with van der Waals surface area (Å²) in [5, 5.41) is 8.66. The minimum atomic E-state index is -0.295. The molecule has 3 aromatic rings. The Bertz CT molecular complexity index is 1080. The van der Waals surface area contributed by atoms with Crippen molar-refractivity contribution in [1.29, 1.82) is 0 Å². The summed E-state index contributed by atoms with van der Waals surface area (Å²) in [6.07, 6.45) is 0. The van der Waals surface area contributed by atoms with Gasteiger partial charge in [-0.15, -0.1) is 0 Å². The van der Waals surface area contributed by atoms with E-state index in [1.54, 1.807) is 24.3 Å². The van der Waals surface area contributed by atoms with Crippen molar-refractivity contribution < 1.29 is 9.59 Å². The van der Waals surface area contributed by atoms with Crippen LogP contribution in [0.15, 0.2) is 72.8 Å². The van der Waals surface area contributed by atoms with Crippen LogP contribution in [-0.4, -0.2) is 23.9 Å². The van der Waals surface area contributed by atoms with Crippen LogP contribution in [0.5, 0.6) is 0 Å². The van der Waals surface area contributed by atoms with E-state index in [0.29, 0.717) is 11.3 Å². The third kappa shape index (κ3) is 5.10. The molecule has 0 saturated carbocycles. The molecule has 3 aromatic carbocycles. The monoisotopic (exact) mass is 414 g/mol. The second kappa shape index (κ2) is 9.02. The Kier molecular flexibility index (Phi) is 6.00. The van der Waals surface area contributed by atoms with E-state index in [4.69, 9.17) is 0 Å². The predicted octanol–water partition coefficient (Wildman–Crippen LogP) is 4.77. The van der Waals surface area contributed by atoms with Crippen LogP contribution in [0, 0.1) is 0 Å². The molecule has 0 saturated heterocycles. The average molecular weight is 415 g/mol. The van der Waals surface area contributed by atoms with Gasteiger partial charge in [-0.05, 0) is 67.1 Å². The molecule has 6 nitrogen and oxygen atoms in total. The molecule has 1 atom stereocenters. The van der Waals surface area contributed by atoms with Gasteiger partial charge in [-0.2, -0.15) is 0 Å². The number of benzene rings is 3. The summed E-state index contributed by atoms with van der Waals surface area (Å²) in [7, 11) is 2.08. The molecule has 1 aliphatic heterocycles. The third-order valence-electron chi connectivity index (χ3n) is 5.40. The van der Waals surface area contributed by atoms with Gasteiger partial charge < -0.3 is 16.0 Å². The number of hydrogen-bond donors (Lipinski definition) is 3. The first-order chi connectivity index (χ1) is 15.0. The fourth-order valence-electron chi connectivity index (χ4n) is 3.74. The molecular formula is C25H26N4O2. The Morgan fingerprint density at radius 2 is 1.52 bits per heavy atom. The molecule has 3 amide bonds. The Morgan fingerprint density at radius 3 is 2.26 bits per heavy atom. The number of nitrogens with zero attached hydrogens (tertiary/aromatic N) is 1. The number of nitrogens with one attached hydrogen (secondary N) is 3. The van der Waals surface area contributed by atoms with E-state index < -0.39 is 0 Å². The Balaban J connectivity index is 1.33. The Morgan fingerprint density at radius 1 is 0.839 bits per heavy atom. The van der Waals surface area contributed by atoms with Crippen LogP contribution in [0.4, 0.5) is 16.2 Å². The first-order valence-corrected chi connectivity index (χ1v) is 10.3. The highest BCUT2D eigenvalue weighted by Crippen LogP contribution is 2.25. The quantitative estimate of drug-likeness (QED) is 0.563. The van der Waals surface area contributed by atoms with Gasteiger partial charge in [-0.1, -0.05) is 36.4 Å². The molecule has 0 radical (unpaired) electrons. The molecule has 1 unspecified atom stereocenters. The van der Waals surface area contributed by atoms with Gasteiger partial charge in [0.1, 0.15) is 0 Å². The summed E-state index contributed by atoms with van der Waals surface area (Å²) in [5.74, 6) is -0.181. The van der Waals surface area contributed by atoms with Crippen LogP contribution in [-0.2, 0) is 13.1 Å². The smallest absolute Gasteiger partial charge is 0.319 e. The van der Waals surface area contributed by atoms with Gasteiger partial charge in [0.05, 0.1) is 6.04 Å². The summed E-state index contributed by atoms with van der Waals surface area (Å²) in [5.41, 5.74) is 5.51. The molecule has 0 fully saturated rings. The summed E-state index contributed by atoms with van der Waals surface area (Å²) >= 11 is 0. The van der Waals surface area contributed by atoms with E-state index in [1.165, 1.54) is 11.1 Å². The van der Waals surface area contributed by atoms with Crippen molar-refractivity contribution in [2.75, 3.05) is 17.7 Å². The van der Waals surface area contributed by atoms with E-state index in [0.717, 1.165) is 24.3 Å². The minimum absolute atomic E-state index is 0.113. The van der Waals surface area contributed by atoms with Crippen molar-refractivity contribution in [1.82, 2.24) is 10.2 Å². The summed E-state index contributed by atoms with van der Waals surface area (Å²) in [6.45, 7) is 3.76. The largest absolute Gasteiger partial charge is 0.331 e. The number of rotatable bonds is 5. The fraction of sp³-hybridized carbons (Fsp3) is 0.200. The van der Waals surface area contributed by atoms with Crippen molar-refractivity contribution in [2.45, 2.75) is 26.1 Å². The number of hydrogen-bond acceptors (Lipinski definition) is 3. The minimum Gasteiger partial charge on any atom is -0.331 e. The van der Waals surface area contributed by atoms with Crippen LogP contribution < -0.4 is 16.0 Å². The zero-order valence-electron chi connectivity index (χ0n) is 17.7. The van der Waals surface area contributed by atoms with Gasteiger partial charge in [-0.25, -0.2) is 4.79 Å². The third-order valence-corrected chi connectivity index (χ3v) is 5.40. The maximum absolute atomic E-state index is 12.6. The first-order valence-electron chi connectivity index (χ1n) is 10.3. The average Bonchev–Trinajstić information content (AvgIpc) is 3.14. The number of carbonyl (C=O) groups is 2. The first kappa shape index (κ1) is 20.6. The molecule has 1 heterocycles. The molecule has 0 spiro atoms. The van der Waals surface area contributed by atoms with E-state index >= 15 is 0 Å². The molecule has 158 valence electrons. The standard InChI is InChI=1S/C25H26N4O2/c1-17(18-6-4-3-5-7-18)26-25(31)28-22-11-8-19(9-12-22)24(30)27-23-13-10-20-15-29(2)16-21(20)14-23/h3-14,17H,15-16H2,1-2H3,(H,27,30)(H2,26,28,31). The number of anilines is 2. The van der Waals surface area contributed by atoms with Crippen LogP contribution in [0.1, 0.15) is 40.0 Å². The molecular weight excluding hydrogens is 388 g/mol. The van der Waals surface area contributed by atoms with E-state index in [1.807, 2.05) is 49.4 Å². The number of urea groups is 1. The molecule has 3 N–H and O–H groups in total. The van der Waals surface area contributed by atoms with Crippen LogP contribution in [0.25, 0.3) is 0 Å². The SMILES string of the molecule is CC(NC(=O)Nc1ccc(C(=O)Nc2ccc3c(c2)CN(C)C3)cc1)c1ccccc1. The van der Waals surface area contributed by atoms with Crippen molar-refractivity contribution in [3.63, 3.8) is 0 Å². The molecule has 0 aliphatic carbocycles. The van der Waals surface area contributed by atoms with Crippen molar-refractivity contribution in [3.8, 4) is 0 Å². The molecule has 1 aliphatic rings. The lowest BCUT2D eigenvalue weighted by Gasteiger charge is -2.15. The van der Waals surface area contributed by atoms with Gasteiger partial charge in [0.2, 0.25) is 0 Å². The van der Waals surface area contributed by atoms with Crippen LogP contribution in [0.3, 0.4) is 0 Å². The second-order valence-electron chi connectivity index (χ2n) is 7.92. The molecule has 0 aromatic heterocycles. The van der Waals surface area contributed by atoms with Gasteiger partial charge in [0.25, 0.3) is 5.91 Å². The summed E-state index contributed by atoms with van der Waals surface area (Å²) < 4.78 is 0. The normalized spacial score (nSPS) is 13.9. The zero-order valence-corrected chi connectivity index (χ0v) is 17.7. The fourth-order valence-corrected chi connectivity index (χ4v) is 3.74. The lowest BCUT2D eigenvalue weighted by atomic mass is 10.1. The highest BCUT2D eigenvalue weighted by molar-refractivity contribution is 6.04. The van der Waals surface area contributed by atoms with Gasteiger partial charge in [-0.3, -0.25) is 9.69 Å². The van der Waals surface area contributed by atoms with Crippen molar-refractivity contribution in [3.05, 3.63) is 95.1 Å². The van der Waals surface area contributed by atoms with Crippen molar-refractivity contribution in [2.24, 2.45) is 0 Å². The molecule has 0 bridgehead atoms. The van der Waals surface area contributed by atoms with Gasteiger partial charge in [0.15, 0.2) is 0 Å². The summed E-state index contributed by atoms with van der Waals surface area (Å²) in [6, 6.07) is 22.2. The van der Waals surface area contributed by atoms with E-state index in [2.05, 4.69) is 34.0 Å². The highest BCUT2D eigenvalue weighted by atomic mass is 16.2. The molecule has 6 heteroatoms. The number of carbonyl (C=O) groups excluding carboxylic acids is 2. The maximum Gasteiger partial charge on any atom is 0.319 e. The van der Waals surface area contributed by atoms with Crippen LogP contribution >= 0.6 is 0 Å². The van der Waals surface area contributed by atoms with Gasteiger partial charge >= 0.3 is 6.03 Å². The van der Waals surface area contributed by atoms with Crippen molar-refractivity contribution >= 4 is 23.3 Å². The number of amides is 3. The van der Waals surface area contributed by atoms with E-state index in [-0.39, 0.29) is 18.0 Å². The predicted molar refractivity (Wildman–Crippen MR) is 123 cm³/mol. The molecule has 4 rings (SSSR count). The highest BCUT2D eigenvalue weighted by Gasteiger charge is 2.16. The Hall–Kier alpha value is -3.64. The lowest BCUT2D eigenvalue weighted by Crippen LogP contribution is -2.31. The van der Waals surface area contributed by atoms with E-state index in [9.17, 15) is 9.59 Å². The summed E-state index contributed by atoms with van der Waals surface area (Å²) in [4.78, 5) is 27.1. The Labute approximate surface area is 182 Å².